The first-order valence-corrected chi connectivity index (χ1v) is 9.94. The molecular formula is C18H22N4O3S. The number of amides is 1. The second kappa shape index (κ2) is 7.94. The number of hydrogen-bond donors (Lipinski definition) is 2. The van der Waals surface area contributed by atoms with Crippen LogP contribution < -0.4 is 11.1 Å². The van der Waals surface area contributed by atoms with Gasteiger partial charge in [-0.15, -0.1) is 0 Å². The van der Waals surface area contributed by atoms with E-state index in [-0.39, 0.29) is 16.8 Å². The Labute approximate surface area is 153 Å². The zero-order chi connectivity index (χ0) is 18.6. The Morgan fingerprint density at radius 3 is 2.73 bits per heavy atom. The first-order valence-electron chi connectivity index (χ1n) is 8.50. The van der Waals surface area contributed by atoms with Gasteiger partial charge < -0.3 is 11.1 Å². The Balaban J connectivity index is 1.65. The number of nitrogens with two attached hydrogens (primary N) is 1. The largest absolute Gasteiger partial charge is 0.352 e. The highest BCUT2D eigenvalue weighted by Gasteiger charge is 2.31. The summed E-state index contributed by atoms with van der Waals surface area (Å²) in [5.41, 5.74) is 7.20. The quantitative estimate of drug-likeness (QED) is 0.777. The molecule has 0 aliphatic carbocycles. The van der Waals surface area contributed by atoms with Gasteiger partial charge in [-0.2, -0.15) is 4.31 Å². The molecule has 1 aliphatic heterocycles. The summed E-state index contributed by atoms with van der Waals surface area (Å²) in [7, 11) is -3.62. The van der Waals surface area contributed by atoms with Gasteiger partial charge >= 0.3 is 0 Å². The molecule has 1 aromatic heterocycles. The number of pyridine rings is 1. The molecule has 0 spiro atoms. The van der Waals surface area contributed by atoms with Gasteiger partial charge in [0.25, 0.3) is 5.91 Å². The van der Waals surface area contributed by atoms with Crippen LogP contribution in [0.4, 0.5) is 0 Å². The number of aromatic nitrogens is 1. The van der Waals surface area contributed by atoms with E-state index in [2.05, 4.69) is 10.3 Å². The van der Waals surface area contributed by atoms with Crippen molar-refractivity contribution in [2.45, 2.75) is 23.8 Å². The molecule has 26 heavy (non-hydrogen) atoms. The van der Waals surface area contributed by atoms with Crippen LogP contribution in [-0.2, 0) is 16.4 Å². The number of rotatable bonds is 6. The Morgan fingerprint density at radius 2 is 2.04 bits per heavy atom. The van der Waals surface area contributed by atoms with Crippen LogP contribution in [0.1, 0.15) is 22.3 Å². The molecule has 1 atom stereocenters. The molecule has 1 aliphatic rings. The molecule has 3 N–H and O–H groups in total. The number of carbonyl (C=O) groups excluding carboxylic acids is 1. The van der Waals surface area contributed by atoms with Crippen molar-refractivity contribution in [3.8, 4) is 0 Å². The third kappa shape index (κ3) is 4.27. The van der Waals surface area contributed by atoms with Crippen molar-refractivity contribution in [3.05, 3.63) is 59.9 Å². The lowest BCUT2D eigenvalue weighted by atomic mass is 10.2. The Bertz CT molecular complexity index is 871. The molecule has 1 amide bonds. The van der Waals surface area contributed by atoms with E-state index >= 15 is 0 Å². The van der Waals surface area contributed by atoms with Gasteiger partial charge in [0.2, 0.25) is 10.0 Å². The fourth-order valence-corrected chi connectivity index (χ4v) is 4.45. The second-order valence-electron chi connectivity index (χ2n) is 6.30. The maximum atomic E-state index is 12.7. The zero-order valence-corrected chi connectivity index (χ0v) is 15.2. The maximum Gasteiger partial charge on any atom is 0.251 e. The minimum Gasteiger partial charge on any atom is -0.352 e. The van der Waals surface area contributed by atoms with Crippen LogP contribution >= 0.6 is 0 Å². The Hall–Kier alpha value is -2.29. The van der Waals surface area contributed by atoms with Gasteiger partial charge in [0.05, 0.1) is 4.90 Å². The molecule has 0 radical (unpaired) electrons. The lowest BCUT2D eigenvalue weighted by Gasteiger charge is -2.16. The molecule has 1 aromatic carbocycles. The Kier molecular flexibility index (Phi) is 5.65. The van der Waals surface area contributed by atoms with Crippen molar-refractivity contribution in [1.29, 1.82) is 0 Å². The molecule has 0 saturated carbocycles. The van der Waals surface area contributed by atoms with Crippen LogP contribution in [0, 0.1) is 0 Å². The molecule has 8 heteroatoms. The summed E-state index contributed by atoms with van der Waals surface area (Å²) in [4.78, 5) is 16.4. The maximum absolute atomic E-state index is 12.7. The zero-order valence-electron chi connectivity index (χ0n) is 14.3. The highest BCUT2D eigenvalue weighted by molar-refractivity contribution is 7.89. The molecule has 2 aromatic rings. The van der Waals surface area contributed by atoms with Gasteiger partial charge in [-0.3, -0.25) is 9.78 Å². The highest BCUT2D eigenvalue weighted by Crippen LogP contribution is 2.21. The van der Waals surface area contributed by atoms with Crippen LogP contribution in [0.5, 0.6) is 0 Å². The average Bonchev–Trinajstić information content (AvgIpc) is 3.10. The third-order valence-corrected chi connectivity index (χ3v) is 6.23. The predicted molar refractivity (Wildman–Crippen MR) is 98.1 cm³/mol. The molecule has 1 fully saturated rings. The number of carbonyl (C=O) groups is 1. The predicted octanol–water partition coefficient (Wildman–Crippen LogP) is 0.776. The summed E-state index contributed by atoms with van der Waals surface area (Å²) in [6, 6.07) is 9.76. The van der Waals surface area contributed by atoms with Gasteiger partial charge in [0.1, 0.15) is 0 Å². The number of hydrogen-bond acceptors (Lipinski definition) is 5. The van der Waals surface area contributed by atoms with Gasteiger partial charge in [-0.25, -0.2) is 8.42 Å². The first kappa shape index (κ1) is 18.5. The van der Waals surface area contributed by atoms with Crippen LogP contribution in [0.3, 0.4) is 0 Å². The van der Waals surface area contributed by atoms with E-state index in [9.17, 15) is 13.2 Å². The van der Waals surface area contributed by atoms with Crippen molar-refractivity contribution in [2.24, 2.45) is 5.73 Å². The van der Waals surface area contributed by atoms with E-state index in [1.165, 1.54) is 16.4 Å². The molecule has 3 rings (SSSR count). The lowest BCUT2D eigenvalue weighted by Crippen LogP contribution is -2.32. The summed E-state index contributed by atoms with van der Waals surface area (Å²) < 4.78 is 26.7. The van der Waals surface area contributed by atoms with E-state index in [1.807, 2.05) is 12.1 Å². The van der Waals surface area contributed by atoms with Crippen molar-refractivity contribution >= 4 is 15.9 Å². The van der Waals surface area contributed by atoms with E-state index in [4.69, 9.17) is 5.73 Å². The van der Waals surface area contributed by atoms with E-state index in [0.29, 0.717) is 38.0 Å². The second-order valence-corrected chi connectivity index (χ2v) is 8.24. The van der Waals surface area contributed by atoms with Gasteiger partial charge in [0, 0.05) is 43.6 Å². The standard InChI is InChI=1S/C18H22N4O3S/c19-16-7-11-22(13-16)26(24,25)17-3-1-2-15(12-17)18(23)21-10-6-14-4-8-20-9-5-14/h1-5,8-9,12,16H,6-7,10-11,13,19H2,(H,21,23)/t16-/m0/s1. The molecule has 7 nitrogen and oxygen atoms in total. The summed E-state index contributed by atoms with van der Waals surface area (Å²) in [5.74, 6) is -0.297. The average molecular weight is 374 g/mol. The fraction of sp³-hybridized carbons (Fsp3) is 0.333. The topological polar surface area (TPSA) is 105 Å². The van der Waals surface area contributed by atoms with Gasteiger partial charge in [-0.1, -0.05) is 6.07 Å². The number of nitrogens with zero attached hydrogens (tertiary/aromatic N) is 2. The molecule has 0 bridgehead atoms. The smallest absolute Gasteiger partial charge is 0.251 e. The minimum absolute atomic E-state index is 0.119. The number of sulfonamides is 1. The van der Waals surface area contributed by atoms with Gasteiger partial charge in [-0.05, 0) is 48.7 Å². The van der Waals surface area contributed by atoms with Crippen molar-refractivity contribution in [2.75, 3.05) is 19.6 Å². The summed E-state index contributed by atoms with van der Waals surface area (Å²) >= 11 is 0. The SMILES string of the molecule is N[C@H]1CCN(S(=O)(=O)c2cccc(C(=O)NCCc3ccncc3)c2)C1. The normalized spacial score (nSPS) is 18.0. The molecular weight excluding hydrogens is 352 g/mol. The van der Waals surface area contributed by atoms with Gasteiger partial charge in [0.15, 0.2) is 0 Å². The fourth-order valence-electron chi connectivity index (χ4n) is 2.89. The minimum atomic E-state index is -3.62. The van der Waals surface area contributed by atoms with E-state index in [0.717, 1.165) is 5.56 Å². The van der Waals surface area contributed by atoms with Crippen molar-refractivity contribution in [1.82, 2.24) is 14.6 Å². The highest BCUT2D eigenvalue weighted by atomic mass is 32.2. The van der Waals surface area contributed by atoms with Crippen molar-refractivity contribution in [3.63, 3.8) is 0 Å². The van der Waals surface area contributed by atoms with Crippen LogP contribution in [0.15, 0.2) is 53.7 Å². The van der Waals surface area contributed by atoms with Crippen LogP contribution in [0.25, 0.3) is 0 Å². The van der Waals surface area contributed by atoms with Crippen LogP contribution in [-0.4, -0.2) is 49.3 Å². The van der Waals surface area contributed by atoms with Crippen LogP contribution in [0.2, 0.25) is 0 Å². The Morgan fingerprint density at radius 1 is 1.27 bits per heavy atom. The van der Waals surface area contributed by atoms with E-state index < -0.39 is 10.0 Å². The summed E-state index contributed by atoms with van der Waals surface area (Å²) in [6.45, 7) is 1.18. The molecule has 138 valence electrons. The first-order chi connectivity index (χ1) is 12.5. The van der Waals surface area contributed by atoms with Crippen molar-refractivity contribution < 1.29 is 13.2 Å². The monoisotopic (exact) mass is 374 g/mol. The summed E-state index contributed by atoms with van der Waals surface area (Å²) in [5, 5.41) is 2.81. The summed E-state index contributed by atoms with van der Waals surface area (Å²) in [6.07, 6.45) is 4.73. The lowest BCUT2D eigenvalue weighted by molar-refractivity contribution is 0.0954. The molecule has 0 unspecified atom stereocenters. The number of nitrogens with one attached hydrogen (secondary N) is 1. The third-order valence-electron chi connectivity index (χ3n) is 4.37. The molecule has 2 heterocycles. The molecule has 1 saturated heterocycles. The van der Waals surface area contributed by atoms with E-state index in [1.54, 1.807) is 24.5 Å². The number of benzene rings is 1.